The lowest BCUT2D eigenvalue weighted by atomic mass is 10.2. The lowest BCUT2D eigenvalue weighted by molar-refractivity contribution is 0.250. The van der Waals surface area contributed by atoms with Crippen LogP contribution in [0, 0.1) is 0 Å². The van der Waals surface area contributed by atoms with Crippen molar-refractivity contribution in [1.82, 2.24) is 4.57 Å². The summed E-state index contributed by atoms with van der Waals surface area (Å²) >= 11 is 0. The van der Waals surface area contributed by atoms with Gasteiger partial charge in [-0.25, -0.2) is 9.36 Å². The highest BCUT2D eigenvalue weighted by molar-refractivity contribution is 5.89. The van der Waals surface area contributed by atoms with Crippen LogP contribution in [0.1, 0.15) is 0 Å². The molecule has 0 spiro atoms. The van der Waals surface area contributed by atoms with Crippen LogP contribution < -0.4 is 11.3 Å². The van der Waals surface area contributed by atoms with Crippen LogP contribution in [0.2, 0.25) is 0 Å². The van der Waals surface area contributed by atoms with Gasteiger partial charge in [0.15, 0.2) is 0 Å². The van der Waals surface area contributed by atoms with Crippen molar-refractivity contribution < 1.29 is 4.79 Å². The van der Waals surface area contributed by atoms with E-state index in [0.29, 0.717) is 5.52 Å². The lowest BCUT2D eigenvalue weighted by Gasteiger charge is -2.04. The molecule has 0 aliphatic rings. The maximum absolute atomic E-state index is 11.3. The Hall–Kier alpha value is -2.10. The fraction of sp³-hybridized carbons (Fsp3) is 0. The standard InChI is InChI=1S/C10H8N2O2/c11-10(14)12-8-4-2-1-3-7(8)5-6-9(12)13/h1-6H,(H2,11,14). The van der Waals surface area contributed by atoms with E-state index >= 15 is 0 Å². The van der Waals surface area contributed by atoms with Gasteiger partial charge in [0, 0.05) is 6.07 Å². The van der Waals surface area contributed by atoms with Crippen molar-refractivity contribution in [2.75, 3.05) is 0 Å². The Labute approximate surface area is 79.6 Å². The average Bonchev–Trinajstić information content (AvgIpc) is 2.17. The van der Waals surface area contributed by atoms with Crippen molar-refractivity contribution >= 4 is 16.9 Å². The zero-order valence-electron chi connectivity index (χ0n) is 7.31. The maximum atomic E-state index is 11.3. The number of nitrogens with zero attached hydrogens (tertiary/aromatic N) is 1. The van der Waals surface area contributed by atoms with E-state index in [1.165, 1.54) is 6.07 Å². The Morgan fingerprint density at radius 2 is 1.86 bits per heavy atom. The van der Waals surface area contributed by atoms with Gasteiger partial charge in [0.05, 0.1) is 5.52 Å². The number of primary amides is 1. The minimum absolute atomic E-state index is 0.406. The molecular formula is C10H8N2O2. The number of aromatic nitrogens is 1. The predicted molar refractivity (Wildman–Crippen MR) is 53.2 cm³/mol. The fourth-order valence-corrected chi connectivity index (χ4v) is 1.41. The van der Waals surface area contributed by atoms with Crippen molar-refractivity contribution in [2.24, 2.45) is 5.73 Å². The largest absolute Gasteiger partial charge is 0.351 e. The molecule has 0 saturated carbocycles. The SMILES string of the molecule is NC(=O)n1c(=O)ccc2ccccc21. The third-order valence-corrected chi connectivity index (χ3v) is 2.02. The van der Waals surface area contributed by atoms with Gasteiger partial charge in [-0.3, -0.25) is 4.79 Å². The number of para-hydroxylation sites is 1. The van der Waals surface area contributed by atoms with Crippen molar-refractivity contribution in [3.05, 3.63) is 46.8 Å². The molecule has 0 bridgehead atoms. The summed E-state index contributed by atoms with van der Waals surface area (Å²) in [5, 5.41) is 0.811. The molecule has 4 heteroatoms. The quantitative estimate of drug-likeness (QED) is 0.668. The van der Waals surface area contributed by atoms with Gasteiger partial charge >= 0.3 is 6.03 Å². The number of benzene rings is 1. The van der Waals surface area contributed by atoms with Gasteiger partial charge in [-0.05, 0) is 17.5 Å². The summed E-state index contributed by atoms with van der Waals surface area (Å²) in [6.07, 6.45) is 0. The summed E-state index contributed by atoms with van der Waals surface area (Å²) in [6.45, 7) is 0. The van der Waals surface area contributed by atoms with E-state index in [-0.39, 0.29) is 0 Å². The molecule has 0 saturated heterocycles. The number of rotatable bonds is 0. The van der Waals surface area contributed by atoms with Gasteiger partial charge in [-0.15, -0.1) is 0 Å². The molecule has 0 atom stereocenters. The highest BCUT2D eigenvalue weighted by Gasteiger charge is 2.05. The highest BCUT2D eigenvalue weighted by atomic mass is 16.2. The van der Waals surface area contributed by atoms with Crippen LogP contribution in [0.3, 0.4) is 0 Å². The van der Waals surface area contributed by atoms with E-state index in [1.807, 2.05) is 12.1 Å². The Bertz CT molecular complexity index is 557. The summed E-state index contributed by atoms with van der Waals surface area (Å²) in [5.41, 5.74) is 5.23. The molecule has 1 aromatic heterocycles. The molecule has 0 aliphatic carbocycles. The molecule has 0 radical (unpaired) electrons. The van der Waals surface area contributed by atoms with Crippen molar-refractivity contribution in [1.29, 1.82) is 0 Å². The number of amides is 1. The fourth-order valence-electron chi connectivity index (χ4n) is 1.41. The maximum Gasteiger partial charge on any atom is 0.326 e. The van der Waals surface area contributed by atoms with E-state index in [1.54, 1.807) is 18.2 Å². The molecule has 0 unspecified atom stereocenters. The number of carbonyl (C=O) groups is 1. The van der Waals surface area contributed by atoms with Crippen molar-refractivity contribution in [3.8, 4) is 0 Å². The zero-order chi connectivity index (χ0) is 10.1. The molecule has 70 valence electrons. The molecule has 0 fully saturated rings. The number of nitrogens with two attached hydrogens (primary N) is 1. The van der Waals surface area contributed by atoms with Crippen molar-refractivity contribution in [3.63, 3.8) is 0 Å². The Morgan fingerprint density at radius 3 is 2.57 bits per heavy atom. The monoisotopic (exact) mass is 188 g/mol. The number of carbonyl (C=O) groups excluding carboxylic acids is 1. The zero-order valence-corrected chi connectivity index (χ0v) is 7.31. The van der Waals surface area contributed by atoms with E-state index in [9.17, 15) is 9.59 Å². The Morgan fingerprint density at radius 1 is 1.14 bits per heavy atom. The summed E-state index contributed by atoms with van der Waals surface area (Å²) in [4.78, 5) is 22.4. The van der Waals surface area contributed by atoms with Gasteiger partial charge in [0.2, 0.25) is 0 Å². The van der Waals surface area contributed by atoms with Gasteiger partial charge in [0.1, 0.15) is 0 Å². The normalized spacial score (nSPS) is 10.3. The first kappa shape index (κ1) is 8.50. The molecule has 1 amide bonds. The van der Waals surface area contributed by atoms with E-state index in [0.717, 1.165) is 9.95 Å². The molecule has 2 rings (SSSR count). The first-order valence-corrected chi connectivity index (χ1v) is 4.11. The van der Waals surface area contributed by atoms with E-state index in [2.05, 4.69) is 0 Å². The molecule has 0 aliphatic heterocycles. The summed E-state index contributed by atoms with van der Waals surface area (Å²) in [7, 11) is 0. The van der Waals surface area contributed by atoms with E-state index < -0.39 is 11.6 Å². The number of hydrogen-bond acceptors (Lipinski definition) is 2. The third kappa shape index (κ3) is 1.17. The average molecular weight is 188 g/mol. The summed E-state index contributed by atoms with van der Waals surface area (Å²) in [5.74, 6) is 0. The van der Waals surface area contributed by atoms with Crippen LogP contribution in [0.25, 0.3) is 10.9 Å². The Balaban J connectivity index is 2.97. The van der Waals surface area contributed by atoms with Crippen LogP contribution >= 0.6 is 0 Å². The van der Waals surface area contributed by atoms with Gasteiger partial charge in [-0.1, -0.05) is 18.2 Å². The second-order valence-corrected chi connectivity index (χ2v) is 2.90. The van der Waals surface area contributed by atoms with E-state index in [4.69, 9.17) is 5.73 Å². The Kier molecular flexibility index (Phi) is 1.81. The molecule has 14 heavy (non-hydrogen) atoms. The van der Waals surface area contributed by atoms with Gasteiger partial charge in [0.25, 0.3) is 5.56 Å². The molecular weight excluding hydrogens is 180 g/mol. The topological polar surface area (TPSA) is 65.1 Å². The van der Waals surface area contributed by atoms with Crippen LogP contribution in [0.5, 0.6) is 0 Å². The van der Waals surface area contributed by atoms with Crippen LogP contribution in [0.4, 0.5) is 4.79 Å². The second-order valence-electron chi connectivity index (χ2n) is 2.90. The van der Waals surface area contributed by atoms with Crippen LogP contribution in [-0.2, 0) is 0 Å². The summed E-state index contributed by atoms with van der Waals surface area (Å²) < 4.78 is 0.954. The molecule has 2 N–H and O–H groups in total. The minimum Gasteiger partial charge on any atom is -0.351 e. The predicted octanol–water partition coefficient (Wildman–Crippen LogP) is 0.928. The summed E-state index contributed by atoms with van der Waals surface area (Å²) in [6, 6.07) is 9.31. The lowest BCUT2D eigenvalue weighted by Crippen LogP contribution is -2.31. The molecule has 4 nitrogen and oxygen atoms in total. The van der Waals surface area contributed by atoms with Crippen LogP contribution in [-0.4, -0.2) is 10.6 Å². The smallest absolute Gasteiger partial charge is 0.326 e. The number of fused-ring (bicyclic) bond motifs is 1. The first-order valence-electron chi connectivity index (χ1n) is 4.11. The van der Waals surface area contributed by atoms with Gasteiger partial charge < -0.3 is 5.73 Å². The molecule has 1 heterocycles. The van der Waals surface area contributed by atoms with Crippen LogP contribution in [0.15, 0.2) is 41.2 Å². The van der Waals surface area contributed by atoms with Gasteiger partial charge in [-0.2, -0.15) is 0 Å². The number of hydrogen-bond donors (Lipinski definition) is 1. The second kappa shape index (κ2) is 2.99. The third-order valence-electron chi connectivity index (χ3n) is 2.02. The highest BCUT2D eigenvalue weighted by Crippen LogP contribution is 2.09. The molecule has 2 aromatic rings. The number of pyridine rings is 1. The van der Waals surface area contributed by atoms with Crippen molar-refractivity contribution in [2.45, 2.75) is 0 Å². The minimum atomic E-state index is -0.758. The first-order chi connectivity index (χ1) is 6.70. The molecule has 1 aromatic carbocycles.